The third-order valence-corrected chi connectivity index (χ3v) is 20.1. The SMILES string of the molecule is CO[C@H]1OC(/C=C\[C@@H]2OC(C[P+](c3ccccc3)(c3ccccc3)c3ccccc3)[C@H](OCc3ccccc3)C(OCc3ccccc3)C2OCc2ccccc2)[C@H](OCc2ccccc2)C(OCc2ccccc2)C1OCc1ccccc1. The summed E-state index contributed by atoms with van der Waals surface area (Å²) in [7, 11) is -0.918. The van der Waals surface area contributed by atoms with Crippen LogP contribution in [-0.4, -0.2) is 74.5 Å². The second-order valence-corrected chi connectivity index (χ2v) is 24.8. The minimum atomic E-state index is -2.57. The Kier molecular flexibility index (Phi) is 20.9. The maximum atomic E-state index is 7.87. The molecule has 0 spiro atoms. The molecule has 0 saturated carbocycles. The highest BCUT2D eigenvalue weighted by molar-refractivity contribution is 7.95. The summed E-state index contributed by atoms with van der Waals surface area (Å²) < 4.78 is 64.4. The van der Waals surface area contributed by atoms with E-state index in [0.29, 0.717) is 45.8 Å². The van der Waals surface area contributed by atoms with Crippen molar-refractivity contribution >= 4 is 23.2 Å². The highest BCUT2D eigenvalue weighted by Gasteiger charge is 2.56. The second-order valence-electron chi connectivity index (χ2n) is 21.3. The van der Waals surface area contributed by atoms with E-state index in [4.69, 9.17) is 42.6 Å². The van der Waals surface area contributed by atoms with Gasteiger partial charge in [-0.1, -0.05) is 249 Å². The Labute approximate surface area is 496 Å². The number of methoxy groups -OCH3 is 1. The summed E-state index contributed by atoms with van der Waals surface area (Å²) in [4.78, 5) is 0. The lowest BCUT2D eigenvalue weighted by molar-refractivity contribution is -0.309. The van der Waals surface area contributed by atoms with Crippen molar-refractivity contribution in [1.29, 1.82) is 0 Å². The van der Waals surface area contributed by atoms with Gasteiger partial charge in [0.25, 0.3) is 0 Å². The molecule has 2 aliphatic rings. The minimum Gasteiger partial charge on any atom is -0.368 e. The highest BCUT2D eigenvalue weighted by atomic mass is 31.2. The summed E-state index contributed by atoms with van der Waals surface area (Å²) in [5.41, 5.74) is 6.11. The van der Waals surface area contributed by atoms with Crippen LogP contribution in [0.2, 0.25) is 0 Å². The normalized spacial score (nSPS) is 22.6. The van der Waals surface area contributed by atoms with Crippen molar-refractivity contribution in [2.75, 3.05) is 13.3 Å². The average Bonchev–Trinajstić information content (AvgIpc) is 2.16. The van der Waals surface area contributed by atoms with Gasteiger partial charge in [-0.05, 0) is 69.8 Å². The van der Waals surface area contributed by atoms with Gasteiger partial charge in [0.2, 0.25) is 0 Å². The Hall–Kier alpha value is -7.21. The van der Waals surface area contributed by atoms with Crippen LogP contribution in [0.4, 0.5) is 0 Å². The molecule has 10 atom stereocenters. The number of ether oxygens (including phenoxy) is 9. The lowest BCUT2D eigenvalue weighted by Crippen LogP contribution is -2.62. The van der Waals surface area contributed by atoms with Crippen LogP contribution in [0.25, 0.3) is 0 Å². The standard InChI is InChI=1S/C74H74O9P/c1-75-74-73(81-54-61-39-21-7-22-40-61)72(80-53-60-37-19-6-20-38-60)69(77-50-57-31-13-3-14-32-57)66(83-74)48-47-65-68(76-49-56-29-11-2-12-30-56)71(79-52-59-35-17-5-18-36-59)70(78-51-58-33-15-4-16-34-58)67(82-65)55-84(62-41-23-8-24-42-62,63-43-25-9-26-44-63)64-45-27-10-28-46-64/h2-48,65-74H,49-55H2,1H3/q+1/b48-47-/t65-,66?,67?,68?,69-,70-,71?,72?,73?,74-/m0/s1. The first-order chi connectivity index (χ1) is 41.6. The highest BCUT2D eigenvalue weighted by Crippen LogP contribution is 2.57. The maximum Gasteiger partial charge on any atom is 0.186 e. The zero-order valence-corrected chi connectivity index (χ0v) is 48.4. The third kappa shape index (κ3) is 15.0. The van der Waals surface area contributed by atoms with Crippen molar-refractivity contribution in [3.8, 4) is 0 Å². The Balaban J connectivity index is 1.04. The summed E-state index contributed by atoms with van der Waals surface area (Å²) >= 11 is 0. The smallest absolute Gasteiger partial charge is 0.186 e. The van der Waals surface area contributed by atoms with E-state index in [9.17, 15) is 0 Å². The van der Waals surface area contributed by atoms with Gasteiger partial charge in [-0.15, -0.1) is 0 Å². The zero-order chi connectivity index (χ0) is 57.0. The number of hydrogen-bond acceptors (Lipinski definition) is 9. The fraction of sp³-hybridized carbons (Fsp3) is 0.243. The molecule has 0 aliphatic carbocycles. The first-order valence-electron chi connectivity index (χ1n) is 29.1. The van der Waals surface area contributed by atoms with Crippen LogP contribution in [-0.2, 0) is 82.3 Å². The van der Waals surface area contributed by atoms with Crippen molar-refractivity contribution in [2.24, 2.45) is 0 Å². The molecule has 0 N–H and O–H groups in total. The van der Waals surface area contributed by atoms with Crippen molar-refractivity contribution < 1.29 is 42.6 Å². The van der Waals surface area contributed by atoms with E-state index in [1.54, 1.807) is 7.11 Å². The molecule has 428 valence electrons. The molecule has 0 aromatic heterocycles. The van der Waals surface area contributed by atoms with Gasteiger partial charge in [0, 0.05) is 7.11 Å². The van der Waals surface area contributed by atoms with Crippen LogP contribution >= 0.6 is 7.26 Å². The van der Waals surface area contributed by atoms with Crippen molar-refractivity contribution in [2.45, 2.75) is 101 Å². The predicted molar refractivity (Wildman–Crippen MR) is 334 cm³/mol. The molecule has 10 heteroatoms. The topological polar surface area (TPSA) is 83.1 Å². The van der Waals surface area contributed by atoms with Crippen molar-refractivity contribution in [3.05, 3.63) is 319 Å². The largest absolute Gasteiger partial charge is 0.368 e. The zero-order valence-electron chi connectivity index (χ0n) is 47.5. The summed E-state index contributed by atoms with van der Waals surface area (Å²) in [5, 5.41) is 3.69. The van der Waals surface area contributed by atoms with Gasteiger partial charge in [-0.3, -0.25) is 0 Å². The average molecular weight is 1140 g/mol. The van der Waals surface area contributed by atoms with Crippen LogP contribution < -0.4 is 15.9 Å². The summed E-state index contributed by atoms with van der Waals surface area (Å²) in [5.74, 6) is 0. The van der Waals surface area contributed by atoms with Gasteiger partial charge in [-0.25, -0.2) is 0 Å². The third-order valence-electron chi connectivity index (χ3n) is 15.7. The maximum absolute atomic E-state index is 7.87. The van der Waals surface area contributed by atoms with Crippen molar-refractivity contribution in [3.63, 3.8) is 0 Å². The molecule has 2 fully saturated rings. The molecule has 0 radical (unpaired) electrons. The molecule has 84 heavy (non-hydrogen) atoms. The van der Waals surface area contributed by atoms with Gasteiger partial charge in [0.05, 0.1) is 39.6 Å². The molecular formula is C74H74O9P+. The Bertz CT molecular complexity index is 3220. The summed E-state index contributed by atoms with van der Waals surface area (Å²) in [6.45, 7) is 1.82. The van der Waals surface area contributed by atoms with Crippen LogP contribution in [0.3, 0.4) is 0 Å². The van der Waals surface area contributed by atoms with E-state index < -0.39 is 68.5 Å². The molecule has 0 amide bonds. The Morgan fingerprint density at radius 2 is 0.548 bits per heavy atom. The molecule has 9 aromatic rings. The molecule has 9 nitrogen and oxygen atoms in total. The van der Waals surface area contributed by atoms with Crippen LogP contribution in [0.1, 0.15) is 33.4 Å². The van der Waals surface area contributed by atoms with E-state index in [-0.39, 0.29) is 0 Å². The number of rotatable bonds is 26. The molecule has 11 rings (SSSR count). The second kappa shape index (κ2) is 30.0. The number of benzene rings is 9. The quantitative estimate of drug-likeness (QED) is 0.0389. The van der Waals surface area contributed by atoms with E-state index in [1.807, 2.05) is 121 Å². The predicted octanol–water partition coefficient (Wildman–Crippen LogP) is 13.2. The first-order valence-corrected chi connectivity index (χ1v) is 31.1. The van der Waals surface area contributed by atoms with Crippen molar-refractivity contribution in [1.82, 2.24) is 0 Å². The molecule has 2 heterocycles. The first kappa shape index (κ1) is 58.6. The van der Waals surface area contributed by atoms with E-state index >= 15 is 0 Å². The molecule has 2 aliphatic heterocycles. The van der Waals surface area contributed by atoms with Gasteiger partial charge in [0.1, 0.15) is 84.3 Å². The minimum absolute atomic E-state index is 0.290. The van der Waals surface area contributed by atoms with Gasteiger partial charge >= 0.3 is 0 Å². The molecule has 0 bridgehead atoms. The number of hydrogen-bond donors (Lipinski definition) is 0. The Morgan fingerprint density at radius 1 is 0.298 bits per heavy atom. The Morgan fingerprint density at radius 3 is 0.857 bits per heavy atom. The van der Waals surface area contributed by atoms with Gasteiger partial charge < -0.3 is 42.6 Å². The van der Waals surface area contributed by atoms with E-state index in [1.165, 1.54) is 15.9 Å². The van der Waals surface area contributed by atoms with E-state index in [2.05, 4.69) is 164 Å². The lowest BCUT2D eigenvalue weighted by atomic mass is 9.92. The van der Waals surface area contributed by atoms with Crippen LogP contribution in [0.15, 0.2) is 285 Å². The van der Waals surface area contributed by atoms with Gasteiger partial charge in [0.15, 0.2) is 6.29 Å². The van der Waals surface area contributed by atoms with E-state index in [0.717, 1.165) is 33.4 Å². The molecule has 2 saturated heterocycles. The molecular weight excluding hydrogens is 1060 g/mol. The lowest BCUT2D eigenvalue weighted by Gasteiger charge is -2.47. The fourth-order valence-corrected chi connectivity index (χ4v) is 15.9. The van der Waals surface area contributed by atoms with Crippen LogP contribution in [0.5, 0.6) is 0 Å². The molecule has 9 aromatic carbocycles. The molecule has 6 unspecified atom stereocenters. The monoisotopic (exact) mass is 1140 g/mol. The van der Waals surface area contributed by atoms with Crippen LogP contribution in [0, 0.1) is 0 Å². The summed E-state index contributed by atoms with van der Waals surface area (Å²) in [6, 6.07) is 94.2. The summed E-state index contributed by atoms with van der Waals surface area (Å²) in [6.07, 6.45) is -2.14. The van der Waals surface area contributed by atoms with Gasteiger partial charge in [-0.2, -0.15) is 0 Å². The fourth-order valence-electron chi connectivity index (χ4n) is 11.5.